The summed E-state index contributed by atoms with van der Waals surface area (Å²) in [6.45, 7) is 2.27. The number of fused-ring (bicyclic) bond motifs is 1. The lowest BCUT2D eigenvalue weighted by atomic mass is 10.1. The Bertz CT molecular complexity index is 807. The number of nitrogens with one attached hydrogen (secondary N) is 1. The van der Waals surface area contributed by atoms with Crippen molar-refractivity contribution in [2.75, 3.05) is 18.1 Å². The van der Waals surface area contributed by atoms with Crippen molar-refractivity contribution in [1.29, 1.82) is 0 Å². The van der Waals surface area contributed by atoms with Crippen molar-refractivity contribution >= 4 is 17.5 Å². The molecule has 130 valence electrons. The Morgan fingerprint density at radius 2 is 2.08 bits per heavy atom. The second-order valence-electron chi connectivity index (χ2n) is 5.92. The van der Waals surface area contributed by atoms with Crippen molar-refractivity contribution < 1.29 is 18.7 Å². The molecule has 1 heterocycles. The van der Waals surface area contributed by atoms with E-state index in [2.05, 4.69) is 5.32 Å². The molecule has 3 rings (SSSR count). The number of aryl methyl sites for hydroxylation is 1. The van der Waals surface area contributed by atoms with E-state index in [1.807, 2.05) is 25.1 Å². The van der Waals surface area contributed by atoms with Crippen LogP contribution in [0.5, 0.6) is 5.75 Å². The fraction of sp³-hybridized carbons (Fsp3) is 0.263. The van der Waals surface area contributed by atoms with Crippen LogP contribution in [0.25, 0.3) is 0 Å². The number of nitrogens with zero attached hydrogens (tertiary/aromatic N) is 1. The van der Waals surface area contributed by atoms with Gasteiger partial charge >= 0.3 is 0 Å². The lowest BCUT2D eigenvalue weighted by Crippen LogP contribution is -2.41. The zero-order chi connectivity index (χ0) is 17.8. The molecule has 0 spiro atoms. The minimum atomic E-state index is -0.351. The molecule has 0 atom stereocenters. The summed E-state index contributed by atoms with van der Waals surface area (Å²) in [5.41, 5.74) is 2.11. The fourth-order valence-corrected chi connectivity index (χ4v) is 2.69. The average Bonchev–Trinajstić information content (AvgIpc) is 2.60. The molecule has 25 heavy (non-hydrogen) atoms. The molecule has 2 aromatic rings. The maximum Gasteiger partial charge on any atom is 0.265 e. The Morgan fingerprint density at radius 1 is 1.28 bits per heavy atom. The van der Waals surface area contributed by atoms with E-state index < -0.39 is 0 Å². The van der Waals surface area contributed by atoms with Crippen molar-refractivity contribution in [1.82, 2.24) is 5.32 Å². The van der Waals surface area contributed by atoms with E-state index in [0.29, 0.717) is 17.0 Å². The Morgan fingerprint density at radius 3 is 2.88 bits per heavy atom. The number of carbonyl (C=O) groups is 2. The van der Waals surface area contributed by atoms with Gasteiger partial charge in [-0.05, 0) is 30.7 Å². The van der Waals surface area contributed by atoms with E-state index in [-0.39, 0.29) is 43.7 Å². The molecule has 0 unspecified atom stereocenters. The maximum atomic E-state index is 13.6. The van der Waals surface area contributed by atoms with Crippen LogP contribution >= 0.6 is 0 Å². The maximum absolute atomic E-state index is 13.6. The summed E-state index contributed by atoms with van der Waals surface area (Å²) in [6.07, 6.45) is 0.133. The van der Waals surface area contributed by atoms with Crippen LogP contribution in [0.4, 0.5) is 10.1 Å². The topological polar surface area (TPSA) is 58.6 Å². The van der Waals surface area contributed by atoms with Gasteiger partial charge in [0.2, 0.25) is 5.91 Å². The van der Waals surface area contributed by atoms with Crippen molar-refractivity contribution in [3.8, 4) is 5.75 Å². The van der Waals surface area contributed by atoms with Crippen LogP contribution in [0.1, 0.15) is 17.5 Å². The van der Waals surface area contributed by atoms with Gasteiger partial charge in [0.25, 0.3) is 5.91 Å². The molecule has 0 saturated carbocycles. The number of anilines is 1. The third-order valence-corrected chi connectivity index (χ3v) is 4.05. The largest absolute Gasteiger partial charge is 0.482 e. The lowest BCUT2D eigenvalue weighted by Gasteiger charge is -2.29. The molecule has 6 heteroatoms. The molecule has 1 N–H and O–H groups in total. The Labute approximate surface area is 145 Å². The molecule has 0 radical (unpaired) electrons. The van der Waals surface area contributed by atoms with Crippen LogP contribution in [0.3, 0.4) is 0 Å². The van der Waals surface area contributed by atoms with Gasteiger partial charge in [0.15, 0.2) is 6.61 Å². The van der Waals surface area contributed by atoms with Crippen LogP contribution in [0.15, 0.2) is 42.5 Å². The van der Waals surface area contributed by atoms with Crippen LogP contribution in [-0.2, 0) is 16.1 Å². The Hall–Kier alpha value is -2.89. The van der Waals surface area contributed by atoms with Crippen LogP contribution < -0.4 is 15.0 Å². The van der Waals surface area contributed by atoms with Gasteiger partial charge in [0.1, 0.15) is 11.6 Å². The highest BCUT2D eigenvalue weighted by Gasteiger charge is 2.25. The zero-order valence-corrected chi connectivity index (χ0v) is 13.9. The van der Waals surface area contributed by atoms with Crippen LogP contribution in [0.2, 0.25) is 0 Å². The highest BCUT2D eigenvalue weighted by Crippen LogP contribution is 2.32. The smallest absolute Gasteiger partial charge is 0.265 e. The number of hydrogen-bond donors (Lipinski definition) is 1. The van der Waals surface area contributed by atoms with E-state index >= 15 is 0 Å². The summed E-state index contributed by atoms with van der Waals surface area (Å²) in [4.78, 5) is 25.7. The summed E-state index contributed by atoms with van der Waals surface area (Å²) in [5, 5.41) is 2.68. The van der Waals surface area contributed by atoms with Gasteiger partial charge in [-0.1, -0.05) is 24.3 Å². The Balaban J connectivity index is 1.60. The number of carbonyl (C=O) groups excluding carboxylic acids is 2. The van der Waals surface area contributed by atoms with Crippen LogP contribution in [0, 0.1) is 12.7 Å². The second kappa shape index (κ2) is 7.34. The minimum absolute atomic E-state index is 0.0348. The van der Waals surface area contributed by atoms with Gasteiger partial charge in [-0.15, -0.1) is 0 Å². The molecule has 0 saturated heterocycles. The monoisotopic (exact) mass is 342 g/mol. The molecular weight excluding hydrogens is 323 g/mol. The molecule has 0 aromatic heterocycles. The third-order valence-electron chi connectivity index (χ3n) is 4.05. The standard InChI is InChI=1S/C19H19FN2O3/c1-13-6-7-17-16(10-13)22(19(24)12-25-17)9-8-18(23)21-11-14-4-2-3-5-15(14)20/h2-7,10H,8-9,11-12H2,1H3,(H,21,23). The number of rotatable bonds is 5. The molecule has 1 aliphatic heterocycles. The highest BCUT2D eigenvalue weighted by molar-refractivity contribution is 5.98. The van der Waals surface area contributed by atoms with E-state index in [0.717, 1.165) is 5.56 Å². The molecular formula is C19H19FN2O3. The number of halogens is 1. The highest BCUT2D eigenvalue weighted by atomic mass is 19.1. The molecule has 5 nitrogen and oxygen atoms in total. The molecule has 0 bridgehead atoms. The molecule has 0 fully saturated rings. The van der Waals surface area contributed by atoms with Gasteiger partial charge in [-0.25, -0.2) is 4.39 Å². The molecule has 1 aliphatic rings. The van der Waals surface area contributed by atoms with E-state index in [9.17, 15) is 14.0 Å². The molecule has 2 amide bonds. The SMILES string of the molecule is Cc1ccc2c(c1)N(CCC(=O)NCc1ccccc1F)C(=O)CO2. The van der Waals surface area contributed by atoms with Gasteiger partial charge in [0.05, 0.1) is 5.69 Å². The van der Waals surface area contributed by atoms with E-state index in [4.69, 9.17) is 4.74 Å². The molecule has 0 aliphatic carbocycles. The lowest BCUT2D eigenvalue weighted by molar-refractivity contribution is -0.122. The first-order valence-corrected chi connectivity index (χ1v) is 8.08. The quantitative estimate of drug-likeness (QED) is 0.908. The van der Waals surface area contributed by atoms with Crippen molar-refractivity contribution in [3.05, 3.63) is 59.4 Å². The predicted molar refractivity (Wildman–Crippen MR) is 91.9 cm³/mol. The summed E-state index contributed by atoms with van der Waals surface area (Å²) in [7, 11) is 0. The van der Waals surface area contributed by atoms with Gasteiger partial charge in [0, 0.05) is 25.1 Å². The van der Waals surface area contributed by atoms with Crippen molar-refractivity contribution in [2.24, 2.45) is 0 Å². The minimum Gasteiger partial charge on any atom is -0.482 e. The summed E-state index contributed by atoms with van der Waals surface area (Å²) in [6, 6.07) is 11.9. The fourth-order valence-electron chi connectivity index (χ4n) is 2.69. The second-order valence-corrected chi connectivity index (χ2v) is 5.92. The summed E-state index contributed by atoms with van der Waals surface area (Å²) >= 11 is 0. The summed E-state index contributed by atoms with van der Waals surface area (Å²) < 4.78 is 19.0. The first-order valence-electron chi connectivity index (χ1n) is 8.08. The van der Waals surface area contributed by atoms with Gasteiger partial charge < -0.3 is 15.0 Å². The number of benzene rings is 2. The molecule has 2 aromatic carbocycles. The normalized spacial score (nSPS) is 13.2. The summed E-state index contributed by atoms with van der Waals surface area (Å²) in [5.74, 6) is -0.135. The number of amides is 2. The van der Waals surface area contributed by atoms with Gasteiger partial charge in [-0.3, -0.25) is 9.59 Å². The average molecular weight is 342 g/mol. The first-order chi connectivity index (χ1) is 12.0. The van der Waals surface area contributed by atoms with E-state index in [1.165, 1.54) is 6.07 Å². The van der Waals surface area contributed by atoms with Crippen LogP contribution in [-0.4, -0.2) is 25.0 Å². The predicted octanol–water partition coefficient (Wildman–Crippen LogP) is 2.57. The first kappa shape index (κ1) is 17.0. The van der Waals surface area contributed by atoms with Crippen molar-refractivity contribution in [2.45, 2.75) is 19.9 Å². The third kappa shape index (κ3) is 3.96. The van der Waals surface area contributed by atoms with E-state index in [1.54, 1.807) is 23.1 Å². The number of ether oxygens (including phenoxy) is 1. The Kier molecular flexibility index (Phi) is 4.97. The van der Waals surface area contributed by atoms with Gasteiger partial charge in [-0.2, -0.15) is 0 Å². The zero-order valence-electron chi connectivity index (χ0n) is 13.9. The number of hydrogen-bond acceptors (Lipinski definition) is 3. The van der Waals surface area contributed by atoms with Crippen molar-refractivity contribution in [3.63, 3.8) is 0 Å².